The molecule has 35 heavy (non-hydrogen) atoms. The fraction of sp³-hybridized carbons (Fsp3) is 0.0833. The van der Waals surface area contributed by atoms with Crippen molar-refractivity contribution in [2.24, 2.45) is 0 Å². The van der Waals surface area contributed by atoms with Crippen LogP contribution in [0.15, 0.2) is 60.2 Å². The molecule has 0 saturated carbocycles. The van der Waals surface area contributed by atoms with Crippen LogP contribution in [0.25, 0.3) is 6.08 Å². The molecule has 3 rings (SSSR count). The maximum atomic E-state index is 13.1. The summed E-state index contributed by atoms with van der Waals surface area (Å²) in [6.07, 6.45) is 1.31. The van der Waals surface area contributed by atoms with Crippen molar-refractivity contribution in [1.29, 1.82) is 5.26 Å². The second-order valence-electron chi connectivity index (χ2n) is 6.99. The summed E-state index contributed by atoms with van der Waals surface area (Å²) >= 11 is 12.0. The van der Waals surface area contributed by atoms with Gasteiger partial charge in [0.2, 0.25) is 0 Å². The number of methoxy groups -OCH3 is 1. The highest BCUT2D eigenvalue weighted by molar-refractivity contribution is 6.40. The van der Waals surface area contributed by atoms with Crippen molar-refractivity contribution in [1.82, 2.24) is 0 Å². The monoisotopic (exact) mass is 515 g/mol. The van der Waals surface area contributed by atoms with E-state index in [-0.39, 0.29) is 39.4 Å². The smallest absolute Gasteiger partial charge is 0.272 e. The average molecular weight is 516 g/mol. The maximum Gasteiger partial charge on any atom is 0.272 e. The van der Waals surface area contributed by atoms with Gasteiger partial charge in [0, 0.05) is 12.1 Å². The van der Waals surface area contributed by atoms with Crippen molar-refractivity contribution in [3.05, 3.63) is 97.3 Å². The molecule has 0 saturated heterocycles. The van der Waals surface area contributed by atoms with Gasteiger partial charge in [-0.05, 0) is 41.5 Å². The molecule has 1 N–H and O–H groups in total. The van der Waals surface area contributed by atoms with Crippen LogP contribution >= 0.6 is 23.2 Å². The van der Waals surface area contributed by atoms with E-state index in [2.05, 4.69) is 5.32 Å². The van der Waals surface area contributed by atoms with Crippen LogP contribution in [0.4, 0.5) is 15.8 Å². The van der Waals surface area contributed by atoms with Gasteiger partial charge in [0.05, 0.1) is 27.8 Å². The Morgan fingerprint density at radius 2 is 1.80 bits per heavy atom. The molecule has 0 aromatic heterocycles. The number of halogens is 3. The highest BCUT2D eigenvalue weighted by Gasteiger charge is 2.18. The minimum absolute atomic E-state index is 0.0628. The molecule has 0 fully saturated rings. The Balaban J connectivity index is 1.79. The number of nitro benzene ring substituents is 1. The van der Waals surface area contributed by atoms with Crippen molar-refractivity contribution >= 4 is 46.6 Å². The van der Waals surface area contributed by atoms with Crippen molar-refractivity contribution in [3.8, 4) is 17.6 Å². The van der Waals surface area contributed by atoms with E-state index in [0.717, 1.165) is 17.7 Å². The molecule has 0 bridgehead atoms. The first-order valence-electron chi connectivity index (χ1n) is 9.83. The predicted octanol–water partition coefficient (Wildman–Crippen LogP) is 6.17. The number of rotatable bonds is 8. The van der Waals surface area contributed by atoms with Gasteiger partial charge in [0.15, 0.2) is 11.5 Å². The fourth-order valence-electron chi connectivity index (χ4n) is 2.92. The molecule has 0 aliphatic rings. The molecule has 178 valence electrons. The molecule has 0 aliphatic heterocycles. The number of hydrogen-bond donors (Lipinski definition) is 1. The molecule has 0 spiro atoms. The molecule has 11 heteroatoms. The summed E-state index contributed by atoms with van der Waals surface area (Å²) < 4.78 is 24.1. The van der Waals surface area contributed by atoms with Crippen molar-refractivity contribution in [2.75, 3.05) is 12.4 Å². The number of anilines is 1. The Morgan fingerprint density at radius 1 is 1.14 bits per heavy atom. The number of amides is 1. The Kier molecular flexibility index (Phi) is 8.25. The van der Waals surface area contributed by atoms with Crippen LogP contribution in [-0.2, 0) is 11.4 Å². The number of nitriles is 1. The Morgan fingerprint density at radius 3 is 2.37 bits per heavy atom. The van der Waals surface area contributed by atoms with E-state index < -0.39 is 10.8 Å². The molecular weight excluding hydrogens is 500 g/mol. The first-order chi connectivity index (χ1) is 16.7. The van der Waals surface area contributed by atoms with E-state index >= 15 is 0 Å². The predicted molar refractivity (Wildman–Crippen MR) is 129 cm³/mol. The number of carbonyl (C=O) groups excluding carboxylic acids is 1. The lowest BCUT2D eigenvalue weighted by atomic mass is 10.1. The molecule has 1 amide bonds. The van der Waals surface area contributed by atoms with Crippen LogP contribution in [0.5, 0.6) is 11.5 Å². The van der Waals surface area contributed by atoms with Crippen LogP contribution in [0.1, 0.15) is 11.1 Å². The molecule has 0 radical (unpaired) electrons. The zero-order valence-electron chi connectivity index (χ0n) is 18.1. The SMILES string of the molecule is COc1cc(/C=C(\C#N)C(=O)Nc2c(Cl)cc([N+](=O)[O-])cc2Cl)ccc1OCc1ccc(F)cc1. The second kappa shape index (κ2) is 11.3. The van der Waals surface area contributed by atoms with E-state index in [1.807, 2.05) is 0 Å². The van der Waals surface area contributed by atoms with Gasteiger partial charge < -0.3 is 14.8 Å². The van der Waals surface area contributed by atoms with E-state index in [1.54, 1.807) is 36.4 Å². The molecule has 3 aromatic rings. The summed E-state index contributed by atoms with van der Waals surface area (Å²) in [5.74, 6) is -0.417. The third kappa shape index (κ3) is 6.47. The Bertz CT molecular complexity index is 1330. The number of benzene rings is 3. The van der Waals surface area contributed by atoms with Gasteiger partial charge in [-0.1, -0.05) is 41.4 Å². The summed E-state index contributed by atoms with van der Waals surface area (Å²) in [6, 6.07) is 14.5. The van der Waals surface area contributed by atoms with Gasteiger partial charge in [-0.3, -0.25) is 14.9 Å². The van der Waals surface area contributed by atoms with Crippen LogP contribution in [-0.4, -0.2) is 17.9 Å². The van der Waals surface area contributed by atoms with Crippen molar-refractivity contribution < 1.29 is 23.6 Å². The number of non-ortho nitro benzene ring substituents is 1. The van der Waals surface area contributed by atoms with Crippen LogP contribution < -0.4 is 14.8 Å². The summed E-state index contributed by atoms with van der Waals surface area (Å²) in [5.41, 5.74) is 0.528. The van der Waals surface area contributed by atoms with Gasteiger partial charge in [-0.25, -0.2) is 4.39 Å². The van der Waals surface area contributed by atoms with E-state index in [9.17, 15) is 24.6 Å². The minimum atomic E-state index is -0.819. The summed E-state index contributed by atoms with van der Waals surface area (Å²) in [4.78, 5) is 22.9. The summed E-state index contributed by atoms with van der Waals surface area (Å²) in [6.45, 7) is 0.175. The first-order valence-corrected chi connectivity index (χ1v) is 10.6. The van der Waals surface area contributed by atoms with Gasteiger partial charge in [0.25, 0.3) is 11.6 Å². The van der Waals surface area contributed by atoms with Crippen molar-refractivity contribution in [3.63, 3.8) is 0 Å². The lowest BCUT2D eigenvalue weighted by Gasteiger charge is -2.12. The van der Waals surface area contributed by atoms with Gasteiger partial charge in [-0.2, -0.15) is 5.26 Å². The number of ether oxygens (including phenoxy) is 2. The molecule has 0 heterocycles. The first kappa shape index (κ1) is 25.5. The number of carbonyl (C=O) groups is 1. The lowest BCUT2D eigenvalue weighted by Crippen LogP contribution is -2.14. The second-order valence-corrected chi connectivity index (χ2v) is 7.81. The van der Waals surface area contributed by atoms with Crippen LogP contribution in [0, 0.1) is 27.3 Å². The van der Waals surface area contributed by atoms with E-state index in [1.165, 1.54) is 25.3 Å². The molecule has 0 unspecified atom stereocenters. The van der Waals surface area contributed by atoms with Crippen molar-refractivity contribution in [2.45, 2.75) is 6.61 Å². The molecular formula is C24H16Cl2FN3O5. The number of hydrogen-bond acceptors (Lipinski definition) is 6. The number of nitro groups is 1. The third-order valence-corrected chi connectivity index (χ3v) is 5.24. The Hall–Kier alpha value is -4.13. The maximum absolute atomic E-state index is 13.1. The lowest BCUT2D eigenvalue weighted by molar-refractivity contribution is -0.384. The minimum Gasteiger partial charge on any atom is -0.493 e. The van der Waals surface area contributed by atoms with Gasteiger partial charge >= 0.3 is 0 Å². The zero-order valence-corrected chi connectivity index (χ0v) is 19.6. The number of nitrogens with one attached hydrogen (secondary N) is 1. The topological polar surface area (TPSA) is 114 Å². The zero-order chi connectivity index (χ0) is 25.5. The average Bonchev–Trinajstić information content (AvgIpc) is 2.84. The highest BCUT2D eigenvalue weighted by atomic mass is 35.5. The molecule has 3 aromatic carbocycles. The van der Waals surface area contributed by atoms with Gasteiger partial charge in [0.1, 0.15) is 24.1 Å². The van der Waals surface area contributed by atoms with E-state index in [4.69, 9.17) is 32.7 Å². The molecule has 0 aliphatic carbocycles. The fourth-order valence-corrected chi connectivity index (χ4v) is 3.49. The van der Waals surface area contributed by atoms with Crippen LogP contribution in [0.3, 0.4) is 0 Å². The largest absolute Gasteiger partial charge is 0.493 e. The summed E-state index contributed by atoms with van der Waals surface area (Å²) in [7, 11) is 1.43. The molecule has 0 atom stereocenters. The standard InChI is InChI=1S/C24H16Cl2FN3O5/c1-34-22-9-15(4-7-21(22)35-13-14-2-5-17(27)6-3-14)8-16(12-28)24(31)29-23-19(25)10-18(30(32)33)11-20(23)26/h2-11H,13H2,1H3,(H,29,31)/b16-8+. The Labute approximate surface area is 209 Å². The van der Waals surface area contributed by atoms with E-state index in [0.29, 0.717) is 17.1 Å². The van der Waals surface area contributed by atoms with Gasteiger partial charge in [-0.15, -0.1) is 0 Å². The third-order valence-electron chi connectivity index (χ3n) is 4.65. The number of nitrogens with zero attached hydrogens (tertiary/aromatic N) is 2. The molecule has 8 nitrogen and oxygen atoms in total. The quantitative estimate of drug-likeness (QED) is 0.166. The summed E-state index contributed by atoms with van der Waals surface area (Å²) in [5, 5.41) is 22.5. The normalized spacial score (nSPS) is 10.9. The van der Waals surface area contributed by atoms with Crippen LogP contribution in [0.2, 0.25) is 10.0 Å². The highest BCUT2D eigenvalue weighted by Crippen LogP contribution is 2.35.